The molecule has 0 spiro atoms. The fraction of sp³-hybridized carbons (Fsp3) is 0.690. The van der Waals surface area contributed by atoms with Crippen molar-refractivity contribution < 1.29 is 4.79 Å². The van der Waals surface area contributed by atoms with Crippen molar-refractivity contribution in [2.45, 2.75) is 86.1 Å². The van der Waals surface area contributed by atoms with Gasteiger partial charge in [-0.25, -0.2) is 4.79 Å². The third kappa shape index (κ3) is 3.90. The minimum atomic E-state index is -0.422. The number of rotatable bonds is 5. The summed E-state index contributed by atoms with van der Waals surface area (Å²) in [4.78, 5) is 11.3. The quantitative estimate of drug-likeness (QED) is 0.451. The molecule has 0 radical (unpaired) electrons. The van der Waals surface area contributed by atoms with Crippen LogP contribution in [0.1, 0.15) is 80.1 Å². The molecule has 3 N–H and O–H groups in total. The fourth-order valence-electron chi connectivity index (χ4n) is 7.36. The Kier molecular flexibility index (Phi) is 6.24. The van der Waals surface area contributed by atoms with E-state index < -0.39 is 6.03 Å². The van der Waals surface area contributed by atoms with Crippen LogP contribution >= 0.6 is 0 Å². The number of amides is 2. The zero-order valence-electron chi connectivity index (χ0n) is 21.1. The first-order valence-corrected chi connectivity index (χ1v) is 12.9. The van der Waals surface area contributed by atoms with Crippen LogP contribution in [-0.2, 0) is 0 Å². The molecule has 4 aliphatic carbocycles. The topological polar surface area (TPSA) is 55.1 Å². The molecule has 176 valence electrons. The molecular formula is C29H44N2O. The van der Waals surface area contributed by atoms with E-state index >= 15 is 0 Å². The highest BCUT2D eigenvalue weighted by atomic mass is 16.2. The Balaban J connectivity index is 1.62. The van der Waals surface area contributed by atoms with E-state index in [1.165, 1.54) is 31.3 Å². The van der Waals surface area contributed by atoms with Gasteiger partial charge in [0, 0.05) is 6.04 Å². The number of nitrogens with two attached hydrogens (primary N) is 1. The van der Waals surface area contributed by atoms with Crippen LogP contribution in [0.2, 0.25) is 0 Å². The van der Waals surface area contributed by atoms with Gasteiger partial charge in [-0.1, -0.05) is 77.5 Å². The summed E-state index contributed by atoms with van der Waals surface area (Å²) in [6, 6.07) is -0.352. The summed E-state index contributed by atoms with van der Waals surface area (Å²) in [6.07, 6.45) is 19.3. The first-order valence-electron chi connectivity index (χ1n) is 12.9. The summed E-state index contributed by atoms with van der Waals surface area (Å²) in [5.41, 5.74) is 10.7. The average molecular weight is 437 g/mol. The van der Waals surface area contributed by atoms with Gasteiger partial charge in [-0.3, -0.25) is 0 Å². The van der Waals surface area contributed by atoms with Crippen molar-refractivity contribution >= 4 is 6.03 Å². The Bertz CT molecular complexity index is 878. The van der Waals surface area contributed by atoms with Gasteiger partial charge in [0.25, 0.3) is 0 Å². The van der Waals surface area contributed by atoms with Gasteiger partial charge in [0.15, 0.2) is 0 Å². The van der Waals surface area contributed by atoms with Crippen LogP contribution in [0.5, 0.6) is 0 Å². The van der Waals surface area contributed by atoms with Crippen LogP contribution in [0.4, 0.5) is 4.79 Å². The Morgan fingerprint density at radius 1 is 1.06 bits per heavy atom. The monoisotopic (exact) mass is 436 g/mol. The second kappa shape index (κ2) is 8.54. The summed E-state index contributed by atoms with van der Waals surface area (Å²) >= 11 is 0. The molecule has 0 heterocycles. The number of carbonyl (C=O) groups excluding carboxylic acids is 1. The first-order chi connectivity index (χ1) is 15.1. The van der Waals surface area contributed by atoms with Crippen molar-refractivity contribution in [1.29, 1.82) is 0 Å². The van der Waals surface area contributed by atoms with Gasteiger partial charge in [-0.2, -0.15) is 0 Å². The molecule has 4 aliphatic rings. The molecule has 32 heavy (non-hydrogen) atoms. The number of carbonyl (C=O) groups is 1. The number of nitrogens with one attached hydrogen (secondary N) is 1. The molecule has 2 amide bonds. The number of fused-ring (bicyclic) bond motifs is 4. The van der Waals surface area contributed by atoms with Gasteiger partial charge in [0.1, 0.15) is 0 Å². The molecule has 7 atom stereocenters. The molecule has 0 aromatic heterocycles. The molecule has 1 saturated carbocycles. The van der Waals surface area contributed by atoms with E-state index in [0.717, 1.165) is 18.8 Å². The van der Waals surface area contributed by atoms with Crippen LogP contribution in [-0.4, -0.2) is 12.1 Å². The summed E-state index contributed by atoms with van der Waals surface area (Å²) in [5.74, 6) is 3.34. The van der Waals surface area contributed by atoms with Crippen molar-refractivity contribution in [2.75, 3.05) is 0 Å². The predicted octanol–water partition coefficient (Wildman–Crippen LogP) is 6.93. The number of urea groups is 1. The van der Waals surface area contributed by atoms with Gasteiger partial charge >= 0.3 is 6.03 Å². The Hall–Kier alpha value is -1.77. The van der Waals surface area contributed by atoms with Crippen molar-refractivity contribution in [3.8, 4) is 0 Å². The maximum atomic E-state index is 11.3. The van der Waals surface area contributed by atoms with Crippen LogP contribution in [0.3, 0.4) is 0 Å². The lowest BCUT2D eigenvalue weighted by molar-refractivity contribution is 0.139. The molecular weight excluding hydrogens is 392 g/mol. The lowest BCUT2D eigenvalue weighted by Crippen LogP contribution is -2.45. The number of allylic oxidation sites excluding steroid dienone is 7. The largest absolute Gasteiger partial charge is 0.352 e. The smallest absolute Gasteiger partial charge is 0.312 e. The van der Waals surface area contributed by atoms with Gasteiger partial charge in [0.2, 0.25) is 0 Å². The van der Waals surface area contributed by atoms with Crippen molar-refractivity contribution in [3.63, 3.8) is 0 Å². The summed E-state index contributed by atoms with van der Waals surface area (Å²) in [5, 5.41) is 2.90. The highest BCUT2D eigenvalue weighted by molar-refractivity contribution is 5.72. The minimum Gasteiger partial charge on any atom is -0.352 e. The Morgan fingerprint density at radius 2 is 1.78 bits per heavy atom. The molecule has 0 saturated heterocycles. The molecule has 1 fully saturated rings. The Labute approximate surface area is 195 Å². The molecule has 7 unspecified atom stereocenters. The second-order valence-electron chi connectivity index (χ2n) is 12.0. The average Bonchev–Trinajstić information content (AvgIpc) is 3.08. The highest BCUT2D eigenvalue weighted by Crippen LogP contribution is 2.63. The molecule has 0 aromatic rings. The number of hydrogen-bond acceptors (Lipinski definition) is 1. The third-order valence-corrected chi connectivity index (χ3v) is 9.85. The minimum absolute atomic E-state index is 0.0695. The number of primary amides is 1. The molecule has 4 rings (SSSR count). The standard InChI is InChI=1S/C29H44N2O/c1-18(2)19(3)7-8-20(4)24-11-12-25-23-10-9-21-17-22(31-27(30)32)13-15-28(21,5)26(23)14-16-29(24,25)6/h7-10,17-20,22,24,26H,11-16H2,1-6H3,(H3,30,31,32). The van der Waals surface area contributed by atoms with Crippen molar-refractivity contribution in [2.24, 2.45) is 46.2 Å². The van der Waals surface area contributed by atoms with Crippen molar-refractivity contribution in [1.82, 2.24) is 5.32 Å². The van der Waals surface area contributed by atoms with E-state index in [1.807, 2.05) is 0 Å². The van der Waals surface area contributed by atoms with E-state index in [4.69, 9.17) is 5.73 Å². The number of hydrogen-bond donors (Lipinski definition) is 2. The summed E-state index contributed by atoms with van der Waals surface area (Å²) in [7, 11) is 0. The molecule has 0 bridgehead atoms. The molecule has 3 heteroatoms. The van der Waals surface area contributed by atoms with E-state index in [0.29, 0.717) is 29.1 Å². The summed E-state index contributed by atoms with van der Waals surface area (Å²) < 4.78 is 0. The zero-order chi connectivity index (χ0) is 23.3. The van der Waals surface area contributed by atoms with E-state index in [1.54, 1.807) is 11.1 Å². The lowest BCUT2D eigenvalue weighted by atomic mass is 9.53. The maximum Gasteiger partial charge on any atom is 0.312 e. The van der Waals surface area contributed by atoms with Gasteiger partial charge in [-0.05, 0) is 90.1 Å². The zero-order valence-corrected chi connectivity index (χ0v) is 21.1. The van der Waals surface area contributed by atoms with E-state index in [-0.39, 0.29) is 11.5 Å². The highest BCUT2D eigenvalue weighted by Gasteiger charge is 2.53. The van der Waals surface area contributed by atoms with Crippen LogP contribution in [0.25, 0.3) is 0 Å². The Morgan fingerprint density at radius 3 is 2.47 bits per heavy atom. The van der Waals surface area contributed by atoms with Gasteiger partial charge < -0.3 is 11.1 Å². The van der Waals surface area contributed by atoms with Crippen LogP contribution in [0, 0.1) is 40.4 Å². The third-order valence-electron chi connectivity index (χ3n) is 9.85. The van der Waals surface area contributed by atoms with Crippen LogP contribution in [0.15, 0.2) is 47.1 Å². The SMILES string of the molecule is CC(C)C(C)C=CC(C)C1CCC2=C3C=CC4=CC(NC(N)=O)CCC4(C)C3CCC21C. The van der Waals surface area contributed by atoms with Gasteiger partial charge in [0.05, 0.1) is 0 Å². The first kappa shape index (κ1) is 23.4. The summed E-state index contributed by atoms with van der Waals surface area (Å²) in [6.45, 7) is 14.4. The molecule has 0 aliphatic heterocycles. The van der Waals surface area contributed by atoms with E-state index in [9.17, 15) is 4.79 Å². The van der Waals surface area contributed by atoms with E-state index in [2.05, 4.69) is 77.2 Å². The lowest BCUT2D eigenvalue weighted by Gasteiger charge is -2.51. The van der Waals surface area contributed by atoms with Crippen LogP contribution < -0.4 is 11.1 Å². The second-order valence-corrected chi connectivity index (χ2v) is 12.0. The maximum absolute atomic E-state index is 11.3. The predicted molar refractivity (Wildman–Crippen MR) is 134 cm³/mol. The fourth-order valence-corrected chi connectivity index (χ4v) is 7.36. The molecule has 0 aromatic carbocycles. The normalized spacial score (nSPS) is 38.2. The molecule has 3 nitrogen and oxygen atoms in total. The van der Waals surface area contributed by atoms with Crippen molar-refractivity contribution in [3.05, 3.63) is 47.1 Å². The van der Waals surface area contributed by atoms with Gasteiger partial charge in [-0.15, -0.1) is 0 Å².